The average Bonchev–Trinajstić information content (AvgIpc) is 2.46. The first-order valence-corrected chi connectivity index (χ1v) is 3.49. The van der Waals surface area contributed by atoms with Crippen molar-refractivity contribution in [3.05, 3.63) is 30.9 Å². The molecule has 0 radical (unpaired) electrons. The van der Waals surface area contributed by atoms with E-state index in [1.165, 1.54) is 0 Å². The fourth-order valence-corrected chi connectivity index (χ4v) is 1.09. The second-order valence-electron chi connectivity index (χ2n) is 2.39. The lowest BCUT2D eigenvalue weighted by atomic mass is 10.5. The zero-order chi connectivity index (χ0) is 7.68. The Morgan fingerprint density at radius 2 is 2.45 bits per heavy atom. The van der Waals surface area contributed by atoms with Crippen LogP contribution in [0.25, 0.3) is 5.52 Å². The van der Waals surface area contributed by atoms with Gasteiger partial charge in [0.2, 0.25) is 0 Å². The third-order valence-corrected chi connectivity index (χ3v) is 1.69. The second-order valence-corrected chi connectivity index (χ2v) is 2.39. The molecule has 2 rings (SSSR count). The fourth-order valence-electron chi connectivity index (χ4n) is 1.09. The van der Waals surface area contributed by atoms with Gasteiger partial charge in [0.25, 0.3) is 0 Å². The maximum Gasteiger partial charge on any atom is 0.0655 e. The molecule has 0 amide bonds. The van der Waals surface area contributed by atoms with E-state index in [-0.39, 0.29) is 0 Å². The van der Waals surface area contributed by atoms with E-state index >= 15 is 0 Å². The number of fused-ring (bicyclic) bond motifs is 1. The molecule has 0 saturated heterocycles. The number of nitrogens with one attached hydrogen (secondary N) is 1. The summed E-state index contributed by atoms with van der Waals surface area (Å²) < 4.78 is 2.03. The van der Waals surface area contributed by atoms with Gasteiger partial charge in [-0.15, -0.1) is 0 Å². The molecule has 0 aliphatic carbocycles. The third-order valence-electron chi connectivity index (χ3n) is 1.69. The minimum absolute atomic E-state index is 1.11. The van der Waals surface area contributed by atoms with Crippen LogP contribution < -0.4 is 5.32 Å². The maximum absolute atomic E-state index is 4.01. The molecule has 3 heteroatoms. The lowest BCUT2D eigenvalue weighted by Crippen LogP contribution is -1.83. The molecule has 0 fully saturated rings. The first kappa shape index (κ1) is 6.22. The Kier molecular flexibility index (Phi) is 1.28. The summed E-state index contributed by atoms with van der Waals surface area (Å²) in [5.74, 6) is 0. The first-order valence-electron chi connectivity index (χ1n) is 3.49. The summed E-state index contributed by atoms with van der Waals surface area (Å²) in [6, 6.07) is 2.05. The molecule has 1 N–H and O–H groups in total. The Hall–Kier alpha value is -1.51. The third kappa shape index (κ3) is 0.941. The Morgan fingerprint density at radius 1 is 1.55 bits per heavy atom. The van der Waals surface area contributed by atoms with E-state index in [2.05, 4.69) is 10.3 Å². The van der Waals surface area contributed by atoms with Crippen LogP contribution in [0.2, 0.25) is 0 Å². The van der Waals surface area contributed by atoms with E-state index in [0.29, 0.717) is 0 Å². The van der Waals surface area contributed by atoms with Crippen molar-refractivity contribution in [2.45, 2.75) is 0 Å². The second kappa shape index (κ2) is 2.27. The normalized spacial score (nSPS) is 10.3. The predicted octanol–water partition coefficient (Wildman–Crippen LogP) is 1.38. The van der Waals surface area contributed by atoms with Crippen molar-refractivity contribution in [1.82, 2.24) is 9.38 Å². The lowest BCUT2D eigenvalue weighted by Gasteiger charge is -1.88. The molecule has 56 valence electrons. The topological polar surface area (TPSA) is 29.3 Å². The Bertz CT molecular complexity index is 331. The van der Waals surface area contributed by atoms with Gasteiger partial charge in [0.1, 0.15) is 0 Å². The number of nitrogens with zero attached hydrogens (tertiary/aromatic N) is 2. The van der Waals surface area contributed by atoms with Gasteiger partial charge in [-0.1, -0.05) is 0 Å². The standard InChI is InChI=1S/C8H9N3/c1-9-7-4-8-5-10-2-3-11(8)6-7/h2-6,9H,1H3. The van der Waals surface area contributed by atoms with Crippen molar-refractivity contribution in [3.8, 4) is 0 Å². The number of rotatable bonds is 1. The fraction of sp³-hybridized carbons (Fsp3) is 0.125. The van der Waals surface area contributed by atoms with Crippen LogP contribution in [0.15, 0.2) is 30.9 Å². The van der Waals surface area contributed by atoms with Crippen LogP contribution in [-0.2, 0) is 0 Å². The van der Waals surface area contributed by atoms with Crippen molar-refractivity contribution in [2.24, 2.45) is 0 Å². The van der Waals surface area contributed by atoms with Crippen molar-refractivity contribution in [3.63, 3.8) is 0 Å². The van der Waals surface area contributed by atoms with E-state index < -0.39 is 0 Å². The predicted molar refractivity (Wildman–Crippen MR) is 44.7 cm³/mol. The monoisotopic (exact) mass is 147 g/mol. The zero-order valence-electron chi connectivity index (χ0n) is 6.28. The van der Waals surface area contributed by atoms with Gasteiger partial charge in [-0.05, 0) is 6.07 Å². The van der Waals surface area contributed by atoms with Crippen molar-refractivity contribution in [1.29, 1.82) is 0 Å². The summed E-state index contributed by atoms with van der Waals surface area (Å²) in [6.07, 6.45) is 7.56. The molecule has 3 nitrogen and oxygen atoms in total. The molecule has 0 aliphatic rings. The smallest absolute Gasteiger partial charge is 0.0655 e. The summed E-state index contributed by atoms with van der Waals surface area (Å²) in [4.78, 5) is 4.01. The van der Waals surface area contributed by atoms with E-state index in [4.69, 9.17) is 0 Å². The minimum Gasteiger partial charge on any atom is -0.387 e. The van der Waals surface area contributed by atoms with Gasteiger partial charge < -0.3 is 9.72 Å². The van der Waals surface area contributed by atoms with Gasteiger partial charge in [0.15, 0.2) is 0 Å². The SMILES string of the molecule is CNc1cc2cnccn2c1. The molecule has 0 aliphatic heterocycles. The van der Waals surface area contributed by atoms with Crippen LogP contribution in [0.5, 0.6) is 0 Å². The molecule has 0 unspecified atom stereocenters. The van der Waals surface area contributed by atoms with E-state index in [1.807, 2.05) is 36.1 Å². The molecule has 0 spiro atoms. The minimum atomic E-state index is 1.11. The molecular formula is C8H9N3. The molecule has 11 heavy (non-hydrogen) atoms. The lowest BCUT2D eigenvalue weighted by molar-refractivity contribution is 1.14. The highest BCUT2D eigenvalue weighted by molar-refractivity contribution is 5.58. The number of hydrogen-bond donors (Lipinski definition) is 1. The van der Waals surface area contributed by atoms with Gasteiger partial charge in [-0.3, -0.25) is 4.98 Å². The summed E-state index contributed by atoms with van der Waals surface area (Å²) >= 11 is 0. The summed E-state index contributed by atoms with van der Waals surface area (Å²) in [5.41, 5.74) is 2.22. The van der Waals surface area contributed by atoms with Crippen LogP contribution in [0.1, 0.15) is 0 Å². The highest BCUT2D eigenvalue weighted by Crippen LogP contribution is 2.11. The van der Waals surface area contributed by atoms with Crippen LogP contribution >= 0.6 is 0 Å². The van der Waals surface area contributed by atoms with Crippen LogP contribution in [0.4, 0.5) is 5.69 Å². The number of anilines is 1. The van der Waals surface area contributed by atoms with Gasteiger partial charge in [0.05, 0.1) is 17.4 Å². The Labute approximate surface area is 64.7 Å². The molecular weight excluding hydrogens is 138 g/mol. The van der Waals surface area contributed by atoms with E-state index in [1.54, 1.807) is 6.20 Å². The Morgan fingerprint density at radius 3 is 3.18 bits per heavy atom. The molecule has 0 bridgehead atoms. The summed E-state index contributed by atoms with van der Waals surface area (Å²) in [6.45, 7) is 0. The van der Waals surface area contributed by atoms with Crippen molar-refractivity contribution in [2.75, 3.05) is 12.4 Å². The largest absolute Gasteiger partial charge is 0.387 e. The quantitative estimate of drug-likeness (QED) is 0.660. The maximum atomic E-state index is 4.01. The number of hydrogen-bond acceptors (Lipinski definition) is 2. The molecule has 2 aromatic rings. The van der Waals surface area contributed by atoms with E-state index in [0.717, 1.165) is 11.2 Å². The molecule has 2 heterocycles. The molecule has 2 aromatic heterocycles. The summed E-state index contributed by atoms with van der Waals surface area (Å²) in [7, 11) is 1.90. The van der Waals surface area contributed by atoms with Crippen molar-refractivity contribution >= 4 is 11.2 Å². The summed E-state index contributed by atoms with van der Waals surface area (Å²) in [5, 5.41) is 3.07. The van der Waals surface area contributed by atoms with E-state index in [9.17, 15) is 0 Å². The van der Waals surface area contributed by atoms with Crippen molar-refractivity contribution < 1.29 is 0 Å². The highest BCUT2D eigenvalue weighted by Gasteiger charge is 1.94. The highest BCUT2D eigenvalue weighted by atomic mass is 14.9. The first-order chi connectivity index (χ1) is 5.40. The molecule has 0 aromatic carbocycles. The number of aromatic nitrogens is 2. The zero-order valence-corrected chi connectivity index (χ0v) is 6.28. The van der Waals surface area contributed by atoms with Gasteiger partial charge in [0, 0.05) is 25.6 Å². The Balaban J connectivity index is 2.69. The van der Waals surface area contributed by atoms with Crippen LogP contribution in [-0.4, -0.2) is 16.4 Å². The van der Waals surface area contributed by atoms with Gasteiger partial charge >= 0.3 is 0 Å². The molecule has 0 atom stereocenters. The van der Waals surface area contributed by atoms with Gasteiger partial charge in [-0.25, -0.2) is 0 Å². The van der Waals surface area contributed by atoms with Gasteiger partial charge in [-0.2, -0.15) is 0 Å². The average molecular weight is 147 g/mol. The van der Waals surface area contributed by atoms with Crippen LogP contribution in [0, 0.1) is 0 Å². The van der Waals surface area contributed by atoms with Crippen LogP contribution in [0.3, 0.4) is 0 Å². The molecule has 0 saturated carbocycles.